The minimum absolute atomic E-state index is 0.000291. The van der Waals surface area contributed by atoms with Crippen LogP contribution in [0.2, 0.25) is 0 Å². The van der Waals surface area contributed by atoms with E-state index < -0.39 is 71.7 Å². The van der Waals surface area contributed by atoms with Crippen LogP contribution in [0, 0.1) is 23.2 Å². The van der Waals surface area contributed by atoms with Crippen LogP contribution in [0.1, 0.15) is 46.5 Å². The van der Waals surface area contributed by atoms with Gasteiger partial charge in [-0.2, -0.15) is 26.3 Å². The molecule has 0 aromatic carbocycles. The maximum Gasteiger partial charge on any atom is 0.411 e. The quantitative estimate of drug-likeness (QED) is 0.220. The Balaban J connectivity index is 2.04. The second kappa shape index (κ2) is 8.66. The van der Waals surface area contributed by atoms with Crippen LogP contribution in [0.3, 0.4) is 0 Å². The van der Waals surface area contributed by atoms with Crippen molar-refractivity contribution in [2.75, 3.05) is 13.2 Å². The highest BCUT2D eigenvalue weighted by Crippen LogP contribution is 2.51. The Labute approximate surface area is 180 Å². The number of halogens is 6. The van der Waals surface area contributed by atoms with Crippen LogP contribution in [0.15, 0.2) is 0 Å². The first kappa shape index (κ1) is 26.1. The number of esters is 2. The molecular weight excluding hydrogens is 450 g/mol. The monoisotopic (exact) mass is 474 g/mol. The van der Waals surface area contributed by atoms with E-state index >= 15 is 0 Å². The summed E-state index contributed by atoms with van der Waals surface area (Å²) in [6.07, 6.45) is 1.71. The van der Waals surface area contributed by atoms with E-state index in [0.717, 1.165) is 0 Å². The summed E-state index contributed by atoms with van der Waals surface area (Å²) in [4.78, 5) is 46.9. The lowest BCUT2D eigenvalue weighted by Gasteiger charge is -2.31. The Morgan fingerprint density at radius 3 is 1.75 bits per heavy atom. The molecule has 3 atom stereocenters. The molecule has 3 unspecified atom stereocenters. The number of carbonyl (C=O) groups excluding carboxylic acids is 4. The standard InChI is InChI=1S/C20H24F6O6/c1-17(2,3)15(29)31-6-7-32-16(30)19(23,24)20(25,26)18(21,22)14(28)13(27)12-9-10-4-5-11(12)8-10/h10-12H,4-9H2,1-3H3. The van der Waals surface area contributed by atoms with Crippen molar-refractivity contribution in [1.82, 2.24) is 0 Å². The summed E-state index contributed by atoms with van der Waals surface area (Å²) in [6.45, 7) is 2.45. The molecule has 0 spiro atoms. The maximum absolute atomic E-state index is 14.1. The molecule has 0 aromatic heterocycles. The highest BCUT2D eigenvalue weighted by Gasteiger charge is 2.79. The minimum atomic E-state index is -6.52. The molecule has 2 aliphatic rings. The largest absolute Gasteiger partial charge is 0.462 e. The van der Waals surface area contributed by atoms with Gasteiger partial charge in [0.1, 0.15) is 13.2 Å². The molecule has 0 N–H and O–H groups in total. The van der Waals surface area contributed by atoms with Gasteiger partial charge < -0.3 is 9.47 Å². The van der Waals surface area contributed by atoms with Gasteiger partial charge in [-0.1, -0.05) is 6.42 Å². The molecule has 2 rings (SSSR count). The fourth-order valence-corrected chi connectivity index (χ4v) is 3.93. The molecule has 12 heteroatoms. The fourth-order valence-electron chi connectivity index (χ4n) is 3.93. The molecule has 0 radical (unpaired) electrons. The number of alkyl halides is 6. The first-order valence-electron chi connectivity index (χ1n) is 10.0. The topological polar surface area (TPSA) is 86.7 Å². The van der Waals surface area contributed by atoms with E-state index in [4.69, 9.17) is 0 Å². The van der Waals surface area contributed by atoms with Crippen molar-refractivity contribution in [2.24, 2.45) is 23.2 Å². The van der Waals surface area contributed by atoms with Crippen LogP contribution < -0.4 is 0 Å². The first-order valence-corrected chi connectivity index (χ1v) is 10.0. The normalized spacial score (nSPS) is 23.7. The highest BCUT2D eigenvalue weighted by atomic mass is 19.3. The molecule has 0 amide bonds. The maximum atomic E-state index is 14.1. The van der Waals surface area contributed by atoms with Crippen LogP contribution in [-0.4, -0.2) is 54.5 Å². The Bertz CT molecular complexity index is 788. The van der Waals surface area contributed by atoms with Crippen LogP contribution in [-0.2, 0) is 28.7 Å². The van der Waals surface area contributed by atoms with Gasteiger partial charge in [0, 0.05) is 5.92 Å². The van der Waals surface area contributed by atoms with E-state index in [1.807, 2.05) is 0 Å². The lowest BCUT2D eigenvalue weighted by Crippen LogP contribution is -2.63. The average Bonchev–Trinajstić information content (AvgIpc) is 3.32. The van der Waals surface area contributed by atoms with Gasteiger partial charge in [0.25, 0.3) is 5.78 Å². The van der Waals surface area contributed by atoms with Crippen molar-refractivity contribution < 1.29 is 55.0 Å². The smallest absolute Gasteiger partial charge is 0.411 e. The third kappa shape index (κ3) is 4.63. The summed E-state index contributed by atoms with van der Waals surface area (Å²) in [5.74, 6) is -29.1. The summed E-state index contributed by atoms with van der Waals surface area (Å²) in [6, 6.07) is 0. The zero-order valence-electron chi connectivity index (χ0n) is 17.7. The molecule has 2 aliphatic carbocycles. The van der Waals surface area contributed by atoms with Crippen molar-refractivity contribution in [3.05, 3.63) is 0 Å². The predicted molar refractivity (Wildman–Crippen MR) is 95.2 cm³/mol. The lowest BCUT2D eigenvalue weighted by atomic mass is 9.82. The van der Waals surface area contributed by atoms with Gasteiger partial charge in [-0.3, -0.25) is 14.4 Å². The second-order valence-corrected chi connectivity index (χ2v) is 9.22. The molecular formula is C20H24F6O6. The average molecular weight is 474 g/mol. The summed E-state index contributed by atoms with van der Waals surface area (Å²) < 4.78 is 92.7. The van der Waals surface area contributed by atoms with Crippen molar-refractivity contribution in [2.45, 2.75) is 64.2 Å². The van der Waals surface area contributed by atoms with Crippen LogP contribution in [0.4, 0.5) is 26.3 Å². The molecule has 0 saturated heterocycles. The number of carbonyl (C=O) groups is 4. The Hall–Kier alpha value is -2.14. The van der Waals surface area contributed by atoms with Gasteiger partial charge in [-0.05, 0) is 51.9 Å². The number of rotatable bonds is 9. The highest BCUT2D eigenvalue weighted by molar-refractivity contribution is 6.41. The summed E-state index contributed by atoms with van der Waals surface area (Å²) in [5.41, 5.74) is -0.991. The molecule has 2 fully saturated rings. The van der Waals surface area contributed by atoms with Gasteiger partial charge in [0.2, 0.25) is 5.78 Å². The van der Waals surface area contributed by atoms with E-state index in [1.54, 1.807) is 0 Å². The van der Waals surface area contributed by atoms with Crippen LogP contribution >= 0.6 is 0 Å². The Morgan fingerprint density at radius 1 is 0.781 bits per heavy atom. The number of ether oxygens (including phenoxy) is 2. The Kier molecular flexibility index (Phi) is 7.07. The summed E-state index contributed by atoms with van der Waals surface area (Å²) >= 11 is 0. The lowest BCUT2D eigenvalue weighted by molar-refractivity contribution is -0.293. The molecule has 2 bridgehead atoms. The van der Waals surface area contributed by atoms with Crippen molar-refractivity contribution in [3.8, 4) is 0 Å². The molecule has 0 aliphatic heterocycles. The minimum Gasteiger partial charge on any atom is -0.462 e. The fraction of sp³-hybridized carbons (Fsp3) is 0.800. The van der Waals surface area contributed by atoms with Crippen LogP contribution in [0.25, 0.3) is 0 Å². The Morgan fingerprint density at radius 2 is 1.31 bits per heavy atom. The van der Waals surface area contributed by atoms with Crippen LogP contribution in [0.5, 0.6) is 0 Å². The van der Waals surface area contributed by atoms with E-state index in [0.29, 0.717) is 19.3 Å². The zero-order valence-corrected chi connectivity index (χ0v) is 17.7. The molecule has 182 valence electrons. The second-order valence-electron chi connectivity index (χ2n) is 9.22. The summed E-state index contributed by atoms with van der Waals surface area (Å²) in [5, 5.41) is 0. The third-order valence-electron chi connectivity index (χ3n) is 5.79. The number of hydrogen-bond acceptors (Lipinski definition) is 6. The molecule has 6 nitrogen and oxygen atoms in total. The third-order valence-corrected chi connectivity index (χ3v) is 5.79. The number of ketones is 2. The van der Waals surface area contributed by atoms with E-state index in [9.17, 15) is 45.5 Å². The number of Topliss-reactive ketones (excluding diaryl/α,β-unsaturated/α-hetero) is 2. The van der Waals surface area contributed by atoms with E-state index in [-0.39, 0.29) is 12.3 Å². The predicted octanol–water partition coefficient (Wildman–Crippen LogP) is 3.60. The molecule has 0 heterocycles. The van der Waals surface area contributed by atoms with Crippen molar-refractivity contribution >= 4 is 23.5 Å². The molecule has 0 aromatic rings. The van der Waals surface area contributed by atoms with Gasteiger partial charge in [0.05, 0.1) is 5.41 Å². The molecule has 32 heavy (non-hydrogen) atoms. The van der Waals surface area contributed by atoms with Crippen molar-refractivity contribution in [1.29, 1.82) is 0 Å². The van der Waals surface area contributed by atoms with Gasteiger partial charge in [-0.25, -0.2) is 4.79 Å². The SMILES string of the molecule is CC(C)(C)C(=O)OCCOC(=O)C(F)(F)C(F)(F)C(F)(F)C(=O)C(=O)C1CC2CCC1C2. The number of fused-ring (bicyclic) bond motifs is 2. The molecule has 2 saturated carbocycles. The van der Waals surface area contributed by atoms with E-state index in [2.05, 4.69) is 9.47 Å². The van der Waals surface area contributed by atoms with Gasteiger partial charge >= 0.3 is 29.7 Å². The zero-order chi connectivity index (χ0) is 24.7. The van der Waals surface area contributed by atoms with Gasteiger partial charge in [0.15, 0.2) is 0 Å². The summed E-state index contributed by atoms with van der Waals surface area (Å²) in [7, 11) is 0. The first-order chi connectivity index (χ1) is 14.4. The van der Waals surface area contributed by atoms with E-state index in [1.165, 1.54) is 20.8 Å². The van der Waals surface area contributed by atoms with Crippen molar-refractivity contribution in [3.63, 3.8) is 0 Å². The van der Waals surface area contributed by atoms with Gasteiger partial charge in [-0.15, -0.1) is 0 Å². The number of hydrogen-bond donors (Lipinski definition) is 0.